The van der Waals surface area contributed by atoms with Gasteiger partial charge in [0, 0.05) is 26.1 Å². The molecule has 0 unspecified atom stereocenters. The number of aromatic amines is 1. The monoisotopic (exact) mass is 414 g/mol. The third-order valence-electron chi connectivity index (χ3n) is 5.57. The molecule has 0 spiro atoms. The number of benzene rings is 1. The molecule has 152 valence electrons. The van der Waals surface area contributed by atoms with Gasteiger partial charge in [-0.05, 0) is 55.7 Å². The average molecular weight is 415 g/mol. The topological polar surface area (TPSA) is 71.7 Å². The van der Waals surface area contributed by atoms with Crippen molar-refractivity contribution >= 4 is 18.1 Å². The van der Waals surface area contributed by atoms with Gasteiger partial charge in [0.2, 0.25) is 0 Å². The summed E-state index contributed by atoms with van der Waals surface area (Å²) in [5, 5.41) is 11.6. The molecular weight excluding hydrogens is 391 g/mol. The van der Waals surface area contributed by atoms with Crippen LogP contribution in [0.25, 0.3) is 5.69 Å². The molecule has 3 heterocycles. The number of amides is 1. The molecule has 29 heavy (non-hydrogen) atoms. The first-order valence-corrected chi connectivity index (χ1v) is 10.1. The van der Waals surface area contributed by atoms with Crippen molar-refractivity contribution in [1.82, 2.24) is 29.4 Å². The smallest absolute Gasteiger partial charge is 0.257 e. The zero-order chi connectivity index (χ0) is 20.5. The lowest BCUT2D eigenvalue weighted by molar-refractivity contribution is 0.0709. The summed E-state index contributed by atoms with van der Waals surface area (Å²) in [5.74, 6) is 0.917. The van der Waals surface area contributed by atoms with Gasteiger partial charge >= 0.3 is 0 Å². The minimum atomic E-state index is -0.299. The zero-order valence-corrected chi connectivity index (χ0v) is 17.2. The van der Waals surface area contributed by atoms with E-state index in [0.717, 1.165) is 30.0 Å². The van der Waals surface area contributed by atoms with Crippen LogP contribution < -0.4 is 0 Å². The third-order valence-corrected chi connectivity index (χ3v) is 5.93. The van der Waals surface area contributed by atoms with E-state index in [9.17, 15) is 9.18 Å². The molecule has 1 saturated heterocycles. The maximum absolute atomic E-state index is 13.2. The van der Waals surface area contributed by atoms with E-state index in [4.69, 9.17) is 12.2 Å². The Morgan fingerprint density at radius 3 is 2.55 bits per heavy atom. The second-order valence-corrected chi connectivity index (χ2v) is 7.65. The minimum absolute atomic E-state index is 0.0102. The number of aromatic nitrogens is 5. The second kappa shape index (κ2) is 7.90. The number of rotatable bonds is 4. The first kappa shape index (κ1) is 19.5. The van der Waals surface area contributed by atoms with Crippen LogP contribution in [0.2, 0.25) is 0 Å². The Morgan fingerprint density at radius 1 is 1.28 bits per heavy atom. The van der Waals surface area contributed by atoms with Crippen molar-refractivity contribution in [2.24, 2.45) is 7.05 Å². The summed E-state index contributed by atoms with van der Waals surface area (Å²) in [6.45, 7) is 3.31. The molecular formula is C20H23FN6OS. The van der Waals surface area contributed by atoms with Gasteiger partial charge in [0.05, 0.1) is 23.1 Å². The van der Waals surface area contributed by atoms with Crippen molar-refractivity contribution in [1.29, 1.82) is 0 Å². The van der Waals surface area contributed by atoms with Gasteiger partial charge in [0.25, 0.3) is 5.91 Å². The molecule has 2 aromatic heterocycles. The van der Waals surface area contributed by atoms with Crippen LogP contribution in [0.3, 0.4) is 0 Å². The van der Waals surface area contributed by atoms with E-state index in [1.807, 2.05) is 23.4 Å². The van der Waals surface area contributed by atoms with Gasteiger partial charge in [-0.25, -0.2) is 9.07 Å². The summed E-state index contributed by atoms with van der Waals surface area (Å²) in [6.07, 6.45) is 3.95. The molecule has 1 amide bonds. The van der Waals surface area contributed by atoms with Crippen LogP contribution in [0.1, 0.15) is 47.6 Å². The molecule has 0 saturated carbocycles. The predicted octanol–water partition coefficient (Wildman–Crippen LogP) is 3.38. The summed E-state index contributed by atoms with van der Waals surface area (Å²) in [5.41, 5.74) is 2.18. The van der Waals surface area contributed by atoms with Gasteiger partial charge in [0.15, 0.2) is 4.77 Å². The molecule has 0 aliphatic carbocycles. The fraction of sp³-hybridized carbons (Fsp3) is 0.400. The first-order chi connectivity index (χ1) is 14.0. The Kier molecular flexibility index (Phi) is 5.31. The van der Waals surface area contributed by atoms with E-state index in [2.05, 4.69) is 15.3 Å². The standard InChI is InChI=1S/C20H23FN6OS/c1-3-17-16(12-22-27(17)15-6-4-14(21)5-7-15)19(28)26-10-8-13(9-11-26)18-23-24-20(29)25(18)2/h4-7,12-13H,3,8-11H2,1-2H3,(H,24,29). The van der Waals surface area contributed by atoms with Crippen LogP contribution in [-0.2, 0) is 13.5 Å². The van der Waals surface area contributed by atoms with Crippen molar-refractivity contribution < 1.29 is 9.18 Å². The molecule has 7 nitrogen and oxygen atoms in total. The van der Waals surface area contributed by atoms with Gasteiger partial charge in [-0.15, -0.1) is 0 Å². The summed E-state index contributed by atoms with van der Waals surface area (Å²) in [4.78, 5) is 15.0. The molecule has 1 aliphatic rings. The van der Waals surface area contributed by atoms with Gasteiger partial charge < -0.3 is 9.47 Å². The molecule has 1 aliphatic heterocycles. The van der Waals surface area contributed by atoms with Crippen LogP contribution in [0.5, 0.6) is 0 Å². The van der Waals surface area contributed by atoms with Crippen molar-refractivity contribution in [3.63, 3.8) is 0 Å². The highest BCUT2D eigenvalue weighted by Crippen LogP contribution is 2.28. The van der Waals surface area contributed by atoms with Gasteiger partial charge in [0.1, 0.15) is 11.6 Å². The molecule has 4 rings (SSSR count). The van der Waals surface area contributed by atoms with Crippen LogP contribution in [0.4, 0.5) is 4.39 Å². The Labute approximate surface area is 173 Å². The van der Waals surface area contributed by atoms with E-state index >= 15 is 0 Å². The lowest BCUT2D eigenvalue weighted by Crippen LogP contribution is -2.38. The average Bonchev–Trinajstić information content (AvgIpc) is 3.32. The number of carbonyl (C=O) groups excluding carboxylic acids is 1. The zero-order valence-electron chi connectivity index (χ0n) is 16.4. The highest BCUT2D eigenvalue weighted by atomic mass is 32.1. The number of nitrogens with zero attached hydrogens (tertiary/aromatic N) is 5. The number of piperidine rings is 1. The van der Waals surface area contributed by atoms with Crippen LogP contribution in [-0.4, -0.2) is 48.4 Å². The molecule has 0 bridgehead atoms. The molecule has 0 atom stereocenters. The van der Waals surface area contributed by atoms with E-state index < -0.39 is 0 Å². The normalized spacial score (nSPS) is 15.1. The lowest BCUT2D eigenvalue weighted by Gasteiger charge is -2.31. The Bertz CT molecular complexity index is 1080. The fourth-order valence-electron chi connectivity index (χ4n) is 3.93. The molecule has 9 heteroatoms. The summed E-state index contributed by atoms with van der Waals surface area (Å²) >= 11 is 5.20. The van der Waals surface area contributed by atoms with Gasteiger partial charge in [-0.1, -0.05) is 6.92 Å². The molecule has 0 radical (unpaired) electrons. The highest BCUT2D eigenvalue weighted by Gasteiger charge is 2.29. The van der Waals surface area contributed by atoms with Crippen LogP contribution >= 0.6 is 12.2 Å². The van der Waals surface area contributed by atoms with E-state index in [1.165, 1.54) is 12.1 Å². The number of carbonyl (C=O) groups is 1. The first-order valence-electron chi connectivity index (χ1n) is 9.73. The minimum Gasteiger partial charge on any atom is -0.338 e. The predicted molar refractivity (Wildman–Crippen MR) is 109 cm³/mol. The molecule has 1 N–H and O–H groups in total. The number of nitrogens with one attached hydrogen (secondary N) is 1. The largest absolute Gasteiger partial charge is 0.338 e. The van der Waals surface area contributed by atoms with Crippen LogP contribution in [0.15, 0.2) is 30.5 Å². The number of hydrogen-bond acceptors (Lipinski definition) is 4. The Hall–Kier alpha value is -2.81. The molecule has 3 aromatic rings. The SMILES string of the molecule is CCc1c(C(=O)N2CCC(c3n[nH]c(=S)n3C)CC2)cnn1-c1ccc(F)cc1. The second-order valence-electron chi connectivity index (χ2n) is 7.26. The lowest BCUT2D eigenvalue weighted by atomic mass is 9.95. The molecule has 1 fully saturated rings. The number of likely N-dealkylation sites (tertiary alicyclic amines) is 1. The quantitative estimate of drug-likeness (QED) is 0.665. The number of H-pyrrole nitrogens is 1. The van der Waals surface area contributed by atoms with E-state index in [-0.39, 0.29) is 17.6 Å². The number of hydrogen-bond donors (Lipinski definition) is 1. The van der Waals surface area contributed by atoms with E-state index in [0.29, 0.717) is 29.8 Å². The number of halogens is 1. The van der Waals surface area contributed by atoms with Gasteiger partial charge in [-0.3, -0.25) is 9.89 Å². The van der Waals surface area contributed by atoms with Crippen molar-refractivity contribution in [2.75, 3.05) is 13.1 Å². The van der Waals surface area contributed by atoms with E-state index in [1.54, 1.807) is 23.0 Å². The Morgan fingerprint density at radius 2 is 1.97 bits per heavy atom. The fourth-order valence-corrected chi connectivity index (χ4v) is 4.07. The molecule has 1 aromatic carbocycles. The van der Waals surface area contributed by atoms with Gasteiger partial charge in [-0.2, -0.15) is 10.2 Å². The van der Waals surface area contributed by atoms with Crippen molar-refractivity contribution in [3.8, 4) is 5.69 Å². The summed E-state index contributed by atoms with van der Waals surface area (Å²) in [7, 11) is 1.91. The Balaban J connectivity index is 1.51. The maximum atomic E-state index is 13.2. The van der Waals surface area contributed by atoms with Crippen LogP contribution in [0, 0.1) is 10.6 Å². The highest BCUT2D eigenvalue weighted by molar-refractivity contribution is 7.71. The third kappa shape index (κ3) is 3.62. The summed E-state index contributed by atoms with van der Waals surface area (Å²) in [6, 6.07) is 6.12. The van der Waals surface area contributed by atoms with Crippen molar-refractivity contribution in [2.45, 2.75) is 32.1 Å². The summed E-state index contributed by atoms with van der Waals surface area (Å²) < 4.78 is 17.5. The van der Waals surface area contributed by atoms with Crippen molar-refractivity contribution in [3.05, 3.63) is 58.1 Å². The maximum Gasteiger partial charge on any atom is 0.257 e.